The van der Waals surface area contributed by atoms with E-state index in [1.54, 1.807) is 5.56 Å². The number of hydrogen-bond acceptors (Lipinski definition) is 0. The van der Waals surface area contributed by atoms with Crippen LogP contribution in [0, 0.1) is 6.92 Å². The van der Waals surface area contributed by atoms with Gasteiger partial charge in [0.25, 0.3) is 0 Å². The van der Waals surface area contributed by atoms with Crippen molar-refractivity contribution in [2.75, 3.05) is 0 Å². The van der Waals surface area contributed by atoms with Crippen LogP contribution in [0.15, 0.2) is 18.2 Å². The lowest BCUT2D eigenvalue weighted by molar-refractivity contribution is 0.658. The van der Waals surface area contributed by atoms with E-state index >= 15 is 0 Å². The van der Waals surface area contributed by atoms with Crippen LogP contribution in [0.25, 0.3) is 0 Å². The highest BCUT2D eigenvalue weighted by Crippen LogP contribution is 2.29. The molecule has 0 heteroatoms. The van der Waals surface area contributed by atoms with Crippen LogP contribution in [0.3, 0.4) is 0 Å². The van der Waals surface area contributed by atoms with Gasteiger partial charge in [-0.1, -0.05) is 52.3 Å². The molecule has 15 heavy (non-hydrogen) atoms. The fourth-order valence-corrected chi connectivity index (χ4v) is 2.42. The summed E-state index contributed by atoms with van der Waals surface area (Å²) in [6.07, 6.45) is 2.56. The Bertz CT molecular complexity index is 310. The van der Waals surface area contributed by atoms with Gasteiger partial charge in [0.05, 0.1) is 0 Å². The number of benzene rings is 1. The molecule has 0 nitrogen and oxygen atoms in total. The van der Waals surface area contributed by atoms with E-state index in [9.17, 15) is 0 Å². The molecule has 1 rings (SSSR count). The number of rotatable bonds is 4. The molecule has 1 aromatic carbocycles. The Balaban J connectivity index is 3.03. The first-order valence-corrected chi connectivity index (χ1v) is 6.17. The molecule has 0 saturated heterocycles. The molecule has 0 amide bonds. The molecule has 0 aliphatic rings. The smallest absolute Gasteiger partial charge is 0.0188 e. The van der Waals surface area contributed by atoms with Crippen LogP contribution < -0.4 is 0 Å². The van der Waals surface area contributed by atoms with Gasteiger partial charge in [0.2, 0.25) is 0 Å². The summed E-state index contributed by atoms with van der Waals surface area (Å²) in [5, 5.41) is 0. The Morgan fingerprint density at radius 2 is 1.67 bits per heavy atom. The molecule has 0 spiro atoms. The SMILES string of the molecule is CCCC(C)c1cccc(C(C)C)c1C. The molecule has 0 fully saturated rings. The first kappa shape index (κ1) is 12.3. The fraction of sp³-hybridized carbons (Fsp3) is 0.600. The maximum Gasteiger partial charge on any atom is -0.0188 e. The Kier molecular flexibility index (Phi) is 4.38. The summed E-state index contributed by atoms with van der Waals surface area (Å²) in [6, 6.07) is 6.77. The van der Waals surface area contributed by atoms with Crippen molar-refractivity contribution >= 4 is 0 Å². The van der Waals surface area contributed by atoms with Crippen molar-refractivity contribution < 1.29 is 0 Å². The second-order valence-electron chi connectivity index (χ2n) is 4.91. The van der Waals surface area contributed by atoms with Crippen LogP contribution in [0.4, 0.5) is 0 Å². The highest BCUT2D eigenvalue weighted by atomic mass is 14.2. The van der Waals surface area contributed by atoms with Gasteiger partial charge >= 0.3 is 0 Å². The van der Waals surface area contributed by atoms with Crippen LogP contribution in [-0.2, 0) is 0 Å². The van der Waals surface area contributed by atoms with Crippen molar-refractivity contribution in [2.24, 2.45) is 0 Å². The zero-order valence-corrected chi connectivity index (χ0v) is 10.8. The van der Waals surface area contributed by atoms with Gasteiger partial charge in [-0.15, -0.1) is 0 Å². The Morgan fingerprint density at radius 1 is 1.07 bits per heavy atom. The highest BCUT2D eigenvalue weighted by molar-refractivity contribution is 5.37. The Morgan fingerprint density at radius 3 is 2.20 bits per heavy atom. The van der Waals surface area contributed by atoms with E-state index in [-0.39, 0.29) is 0 Å². The summed E-state index contributed by atoms with van der Waals surface area (Å²) in [5.74, 6) is 1.34. The van der Waals surface area contributed by atoms with E-state index in [1.807, 2.05) is 0 Å². The van der Waals surface area contributed by atoms with E-state index in [2.05, 4.69) is 52.8 Å². The van der Waals surface area contributed by atoms with Gasteiger partial charge in [0, 0.05) is 0 Å². The molecule has 0 aromatic heterocycles. The van der Waals surface area contributed by atoms with Crippen molar-refractivity contribution in [3.63, 3.8) is 0 Å². The predicted octanol–water partition coefficient (Wildman–Crippen LogP) is 5.02. The molecule has 0 aliphatic carbocycles. The van der Waals surface area contributed by atoms with E-state index in [0.29, 0.717) is 11.8 Å². The van der Waals surface area contributed by atoms with E-state index in [4.69, 9.17) is 0 Å². The predicted molar refractivity (Wildman–Crippen MR) is 68.6 cm³/mol. The van der Waals surface area contributed by atoms with Crippen LogP contribution in [0.2, 0.25) is 0 Å². The summed E-state index contributed by atoms with van der Waals surface area (Å²) < 4.78 is 0. The molecule has 0 heterocycles. The topological polar surface area (TPSA) is 0 Å². The standard InChI is InChI=1S/C15H24/c1-6-8-12(4)15-10-7-9-14(11(2)3)13(15)5/h7,9-12H,6,8H2,1-5H3. The van der Waals surface area contributed by atoms with Gasteiger partial charge < -0.3 is 0 Å². The lowest BCUT2D eigenvalue weighted by Gasteiger charge is -2.18. The van der Waals surface area contributed by atoms with Crippen LogP contribution in [0.5, 0.6) is 0 Å². The zero-order valence-electron chi connectivity index (χ0n) is 10.8. The minimum absolute atomic E-state index is 0.638. The van der Waals surface area contributed by atoms with E-state index in [1.165, 1.54) is 24.0 Å². The maximum absolute atomic E-state index is 2.34. The summed E-state index contributed by atoms with van der Waals surface area (Å²) >= 11 is 0. The third kappa shape index (κ3) is 2.84. The van der Waals surface area contributed by atoms with Gasteiger partial charge in [-0.05, 0) is 41.9 Å². The molecule has 1 unspecified atom stereocenters. The lowest BCUT2D eigenvalue weighted by atomic mass is 9.87. The van der Waals surface area contributed by atoms with Crippen molar-refractivity contribution in [3.8, 4) is 0 Å². The minimum Gasteiger partial charge on any atom is -0.0654 e. The molecule has 0 bridgehead atoms. The van der Waals surface area contributed by atoms with Gasteiger partial charge in [-0.3, -0.25) is 0 Å². The molecule has 84 valence electrons. The van der Waals surface area contributed by atoms with Gasteiger partial charge in [-0.25, -0.2) is 0 Å². The third-order valence-corrected chi connectivity index (χ3v) is 3.29. The van der Waals surface area contributed by atoms with E-state index in [0.717, 1.165) is 0 Å². The van der Waals surface area contributed by atoms with Crippen LogP contribution >= 0.6 is 0 Å². The second kappa shape index (κ2) is 5.34. The summed E-state index contributed by atoms with van der Waals surface area (Å²) in [6.45, 7) is 11.4. The molecular weight excluding hydrogens is 180 g/mol. The Hall–Kier alpha value is -0.780. The monoisotopic (exact) mass is 204 g/mol. The largest absolute Gasteiger partial charge is 0.0654 e. The molecule has 0 saturated carbocycles. The fourth-order valence-electron chi connectivity index (χ4n) is 2.42. The quantitative estimate of drug-likeness (QED) is 0.646. The average Bonchev–Trinajstić information content (AvgIpc) is 2.17. The summed E-state index contributed by atoms with van der Waals surface area (Å²) in [5.41, 5.74) is 4.56. The molecular formula is C15H24. The molecule has 1 atom stereocenters. The van der Waals surface area contributed by atoms with Crippen molar-refractivity contribution in [1.82, 2.24) is 0 Å². The van der Waals surface area contributed by atoms with Gasteiger partial charge in [0.1, 0.15) is 0 Å². The molecule has 0 radical (unpaired) electrons. The third-order valence-electron chi connectivity index (χ3n) is 3.29. The van der Waals surface area contributed by atoms with Gasteiger partial charge in [-0.2, -0.15) is 0 Å². The number of hydrogen-bond donors (Lipinski definition) is 0. The highest BCUT2D eigenvalue weighted by Gasteiger charge is 2.11. The second-order valence-corrected chi connectivity index (χ2v) is 4.91. The van der Waals surface area contributed by atoms with Crippen molar-refractivity contribution in [2.45, 2.75) is 59.3 Å². The van der Waals surface area contributed by atoms with Gasteiger partial charge in [0.15, 0.2) is 0 Å². The first-order chi connectivity index (χ1) is 7.07. The van der Waals surface area contributed by atoms with Crippen LogP contribution in [-0.4, -0.2) is 0 Å². The maximum atomic E-state index is 2.34. The first-order valence-electron chi connectivity index (χ1n) is 6.17. The normalized spacial score (nSPS) is 13.2. The van der Waals surface area contributed by atoms with Crippen molar-refractivity contribution in [3.05, 3.63) is 34.9 Å². The summed E-state index contributed by atoms with van der Waals surface area (Å²) in [7, 11) is 0. The van der Waals surface area contributed by atoms with E-state index < -0.39 is 0 Å². The molecule has 0 aliphatic heterocycles. The Labute approximate surface area is 94.7 Å². The molecule has 1 aromatic rings. The lowest BCUT2D eigenvalue weighted by Crippen LogP contribution is -2.01. The average molecular weight is 204 g/mol. The van der Waals surface area contributed by atoms with Crippen LogP contribution in [0.1, 0.15) is 69.1 Å². The zero-order chi connectivity index (χ0) is 11.4. The van der Waals surface area contributed by atoms with Crippen molar-refractivity contribution in [1.29, 1.82) is 0 Å². The summed E-state index contributed by atoms with van der Waals surface area (Å²) in [4.78, 5) is 0. The minimum atomic E-state index is 0.638. The molecule has 0 N–H and O–H groups in total.